The molecule has 2 N–H and O–H groups in total. The molecule has 7 nitrogen and oxygen atoms in total. The van der Waals surface area contributed by atoms with Crippen LogP contribution in [-0.4, -0.2) is 29.2 Å². The third-order valence-electron chi connectivity index (χ3n) is 6.39. The van der Waals surface area contributed by atoms with Gasteiger partial charge in [-0.1, -0.05) is 48.5 Å². The molecule has 1 aromatic heterocycles. The Hall–Kier alpha value is -4.52. The van der Waals surface area contributed by atoms with Gasteiger partial charge in [0.15, 0.2) is 6.61 Å². The van der Waals surface area contributed by atoms with Crippen LogP contribution < -0.4 is 19.5 Å². The van der Waals surface area contributed by atoms with Gasteiger partial charge in [0.2, 0.25) is 0 Å². The van der Waals surface area contributed by atoms with E-state index in [9.17, 15) is 4.79 Å². The number of benzene rings is 3. The lowest BCUT2D eigenvalue weighted by Crippen LogP contribution is -2.18. The Morgan fingerprint density at radius 3 is 2.58 bits per heavy atom. The standard InChI is InChI=1S/C31H30N2O5/c34-31(35)21-37-28-12-8-25(17-22-13-15-32-16-14-22)30(18-28)38-19-23-5-10-27(11-6-23)36-20-26-9-7-24-3-1-2-4-29(24)33-26/h1-13,15,18,22,32H,14,16-17,19-21H2,(H,34,35). The maximum absolute atomic E-state index is 10.9. The topological polar surface area (TPSA) is 89.9 Å². The second-order valence-corrected chi connectivity index (χ2v) is 9.23. The summed E-state index contributed by atoms with van der Waals surface area (Å²) in [7, 11) is 0. The van der Waals surface area contributed by atoms with Crippen molar-refractivity contribution in [3.8, 4) is 17.2 Å². The van der Waals surface area contributed by atoms with Crippen LogP contribution in [0, 0.1) is 5.92 Å². The predicted molar refractivity (Wildman–Crippen MR) is 145 cm³/mol. The Balaban J connectivity index is 1.21. The van der Waals surface area contributed by atoms with Gasteiger partial charge in [-0.05, 0) is 66.4 Å². The normalized spacial score (nSPS) is 14.6. The first-order valence-electron chi connectivity index (χ1n) is 12.7. The molecule has 1 aliphatic rings. The number of para-hydroxylation sites is 1. The Morgan fingerprint density at radius 1 is 0.921 bits per heavy atom. The smallest absolute Gasteiger partial charge is 0.341 e. The number of pyridine rings is 1. The minimum atomic E-state index is -1.02. The van der Waals surface area contributed by atoms with E-state index in [-0.39, 0.29) is 0 Å². The molecule has 38 heavy (non-hydrogen) atoms. The second-order valence-electron chi connectivity index (χ2n) is 9.23. The summed E-state index contributed by atoms with van der Waals surface area (Å²) in [5.41, 5.74) is 3.88. The van der Waals surface area contributed by atoms with Crippen LogP contribution in [0.15, 0.2) is 91.1 Å². The van der Waals surface area contributed by atoms with Crippen molar-refractivity contribution in [1.82, 2.24) is 10.3 Å². The highest BCUT2D eigenvalue weighted by atomic mass is 16.5. The molecular formula is C31H30N2O5. The van der Waals surface area contributed by atoms with Crippen molar-refractivity contribution in [2.45, 2.75) is 26.1 Å². The molecule has 0 fully saturated rings. The number of nitrogens with one attached hydrogen (secondary N) is 1. The summed E-state index contributed by atoms with van der Waals surface area (Å²) in [5, 5.41) is 13.3. The third kappa shape index (κ3) is 6.82. The minimum absolute atomic E-state index is 0.365. The number of fused-ring (bicyclic) bond motifs is 1. The molecule has 0 saturated heterocycles. The number of carboxylic acid groups (broad SMARTS) is 1. The highest BCUT2D eigenvalue weighted by Gasteiger charge is 2.14. The van der Waals surface area contributed by atoms with Crippen molar-refractivity contribution in [2.75, 3.05) is 13.2 Å². The molecule has 3 aromatic carbocycles. The van der Waals surface area contributed by atoms with Crippen LogP contribution in [0.25, 0.3) is 10.9 Å². The first kappa shape index (κ1) is 25.1. The summed E-state index contributed by atoms with van der Waals surface area (Å²) in [4.78, 5) is 15.6. The number of hydrogen-bond acceptors (Lipinski definition) is 6. The maximum atomic E-state index is 10.9. The molecule has 1 aliphatic heterocycles. The van der Waals surface area contributed by atoms with Gasteiger partial charge in [0, 0.05) is 18.0 Å². The predicted octanol–water partition coefficient (Wildman–Crippen LogP) is 5.52. The number of aliphatic carboxylic acids is 1. The average Bonchev–Trinajstić information content (AvgIpc) is 2.95. The summed E-state index contributed by atoms with van der Waals surface area (Å²) >= 11 is 0. The SMILES string of the molecule is O=C(O)COc1ccc(CC2C=CNCC2)c(OCc2ccc(OCc3ccc4ccccc4n3)cc2)c1. The highest BCUT2D eigenvalue weighted by Crippen LogP contribution is 2.30. The van der Waals surface area contributed by atoms with Gasteiger partial charge >= 0.3 is 5.97 Å². The lowest BCUT2D eigenvalue weighted by atomic mass is 9.94. The molecule has 2 heterocycles. The van der Waals surface area contributed by atoms with Crippen LogP contribution in [0.4, 0.5) is 0 Å². The van der Waals surface area contributed by atoms with Crippen molar-refractivity contribution >= 4 is 16.9 Å². The number of aromatic nitrogens is 1. The molecule has 1 atom stereocenters. The lowest BCUT2D eigenvalue weighted by molar-refractivity contribution is -0.139. The van der Waals surface area contributed by atoms with Gasteiger partial charge in [-0.15, -0.1) is 0 Å². The Kier molecular flexibility index (Phi) is 8.04. The van der Waals surface area contributed by atoms with Gasteiger partial charge in [0.05, 0.1) is 11.2 Å². The molecule has 4 aromatic rings. The molecule has 0 bridgehead atoms. The Labute approximate surface area is 221 Å². The molecule has 194 valence electrons. The molecule has 0 spiro atoms. The molecular weight excluding hydrogens is 480 g/mol. The summed E-state index contributed by atoms with van der Waals surface area (Å²) in [6, 6.07) is 25.4. The van der Waals surface area contributed by atoms with Crippen molar-refractivity contribution in [3.05, 3.63) is 108 Å². The van der Waals surface area contributed by atoms with Crippen LogP contribution in [0.3, 0.4) is 0 Å². The number of carboxylic acids is 1. The summed E-state index contributed by atoms with van der Waals surface area (Å²) < 4.78 is 17.5. The molecule has 0 radical (unpaired) electrons. The zero-order chi connectivity index (χ0) is 26.2. The Bertz CT molecular complexity index is 1420. The van der Waals surface area contributed by atoms with Crippen molar-refractivity contribution in [1.29, 1.82) is 0 Å². The van der Waals surface area contributed by atoms with Gasteiger partial charge in [-0.3, -0.25) is 0 Å². The van der Waals surface area contributed by atoms with Crippen molar-refractivity contribution < 1.29 is 24.1 Å². The van der Waals surface area contributed by atoms with Crippen molar-refractivity contribution in [3.63, 3.8) is 0 Å². The number of allylic oxidation sites excluding steroid dienone is 1. The maximum Gasteiger partial charge on any atom is 0.341 e. The van der Waals surface area contributed by atoms with Crippen LogP contribution in [0.5, 0.6) is 17.2 Å². The fourth-order valence-electron chi connectivity index (χ4n) is 4.37. The van der Waals surface area contributed by atoms with E-state index in [4.69, 9.17) is 19.3 Å². The highest BCUT2D eigenvalue weighted by molar-refractivity contribution is 5.78. The van der Waals surface area contributed by atoms with E-state index >= 15 is 0 Å². The van der Waals surface area contributed by atoms with Gasteiger partial charge in [0.25, 0.3) is 0 Å². The van der Waals surface area contributed by atoms with Gasteiger partial charge < -0.3 is 24.6 Å². The zero-order valence-corrected chi connectivity index (χ0v) is 21.0. The van der Waals surface area contributed by atoms with Crippen molar-refractivity contribution in [2.24, 2.45) is 5.92 Å². The number of rotatable bonds is 11. The van der Waals surface area contributed by atoms with Crippen LogP contribution in [-0.2, 0) is 24.4 Å². The first-order valence-corrected chi connectivity index (χ1v) is 12.7. The summed E-state index contributed by atoms with van der Waals surface area (Å²) in [6.07, 6.45) is 6.05. The largest absolute Gasteiger partial charge is 0.488 e. The minimum Gasteiger partial charge on any atom is -0.488 e. The Morgan fingerprint density at radius 2 is 1.76 bits per heavy atom. The van der Waals surface area contributed by atoms with E-state index in [1.54, 1.807) is 12.1 Å². The number of ether oxygens (including phenoxy) is 3. The molecule has 1 unspecified atom stereocenters. The molecule has 0 aliphatic carbocycles. The van der Waals surface area contributed by atoms with E-state index in [2.05, 4.69) is 22.4 Å². The third-order valence-corrected chi connectivity index (χ3v) is 6.39. The number of nitrogens with zero attached hydrogens (tertiary/aromatic N) is 1. The second kappa shape index (κ2) is 12.1. The molecule has 0 saturated carbocycles. The van der Waals surface area contributed by atoms with E-state index in [0.29, 0.717) is 30.6 Å². The summed E-state index contributed by atoms with van der Waals surface area (Å²) in [5.74, 6) is 1.32. The number of hydrogen-bond donors (Lipinski definition) is 2. The first-order chi connectivity index (χ1) is 18.6. The average molecular weight is 511 g/mol. The molecule has 5 rings (SSSR count). The van der Waals surface area contributed by atoms with E-state index in [1.165, 1.54) is 0 Å². The van der Waals surface area contributed by atoms with Crippen LogP contribution >= 0.6 is 0 Å². The zero-order valence-electron chi connectivity index (χ0n) is 21.0. The summed E-state index contributed by atoms with van der Waals surface area (Å²) in [6.45, 7) is 1.30. The lowest BCUT2D eigenvalue weighted by Gasteiger charge is -2.20. The van der Waals surface area contributed by atoms with Crippen LogP contribution in [0.1, 0.15) is 23.2 Å². The van der Waals surface area contributed by atoms with E-state index in [1.807, 2.05) is 66.9 Å². The van der Waals surface area contributed by atoms with Gasteiger partial charge in [0.1, 0.15) is 30.5 Å². The molecule has 0 amide bonds. The monoisotopic (exact) mass is 510 g/mol. The fourth-order valence-corrected chi connectivity index (χ4v) is 4.37. The molecule has 7 heteroatoms. The quantitative estimate of drug-likeness (QED) is 0.275. The fraction of sp³-hybridized carbons (Fsp3) is 0.226. The van der Waals surface area contributed by atoms with E-state index < -0.39 is 12.6 Å². The van der Waals surface area contributed by atoms with Crippen LogP contribution in [0.2, 0.25) is 0 Å². The van der Waals surface area contributed by atoms with E-state index in [0.717, 1.165) is 52.9 Å². The van der Waals surface area contributed by atoms with Gasteiger partial charge in [-0.25, -0.2) is 9.78 Å². The van der Waals surface area contributed by atoms with Gasteiger partial charge in [-0.2, -0.15) is 0 Å². The number of carbonyl (C=O) groups is 1.